The molecule has 0 aromatic rings. The molecule has 0 radical (unpaired) electrons. The first kappa shape index (κ1) is 23.3. The van der Waals surface area contributed by atoms with Crippen molar-refractivity contribution in [2.75, 3.05) is 0 Å². The summed E-state index contributed by atoms with van der Waals surface area (Å²) in [6, 6.07) is 0. The predicted molar refractivity (Wildman–Crippen MR) is 110 cm³/mol. The van der Waals surface area contributed by atoms with Gasteiger partial charge < -0.3 is 5.11 Å². The minimum absolute atomic E-state index is 0.149. The Bertz CT molecular complexity index is 513. The molecule has 0 heterocycles. The normalized spacial score (nSPS) is 15.7. The monoisotopic (exact) mass is 348 g/mol. The molecule has 0 saturated heterocycles. The third-order valence-electron chi connectivity index (χ3n) is 5.03. The molecule has 1 atom stereocenters. The fourth-order valence-electron chi connectivity index (χ4n) is 3.32. The van der Waals surface area contributed by atoms with E-state index in [0.717, 1.165) is 0 Å². The van der Waals surface area contributed by atoms with Crippen LogP contribution in [0.25, 0.3) is 0 Å². The van der Waals surface area contributed by atoms with Crippen LogP contribution in [0, 0.1) is 34.1 Å². The van der Waals surface area contributed by atoms with Crippen LogP contribution in [-0.4, -0.2) is 18.8 Å². The van der Waals surface area contributed by atoms with Crippen LogP contribution in [0.4, 0.5) is 0 Å². The van der Waals surface area contributed by atoms with Gasteiger partial charge in [-0.3, -0.25) is 0 Å². The Morgan fingerprint density at radius 3 is 1.29 bits per heavy atom. The van der Waals surface area contributed by atoms with Gasteiger partial charge in [0, 0.05) is 10.8 Å². The molecule has 0 aromatic heterocycles. The summed E-state index contributed by atoms with van der Waals surface area (Å²) >= 11 is 0. The highest BCUT2D eigenvalue weighted by molar-refractivity contribution is 6.90. The zero-order valence-electron chi connectivity index (χ0n) is 18.2. The first-order chi connectivity index (χ1) is 10.5. The molecule has 0 aliphatic heterocycles. The van der Waals surface area contributed by atoms with E-state index >= 15 is 0 Å². The van der Waals surface area contributed by atoms with Crippen LogP contribution >= 0.6 is 0 Å². The van der Waals surface area contributed by atoms with Crippen molar-refractivity contribution in [3.05, 3.63) is 0 Å². The summed E-state index contributed by atoms with van der Waals surface area (Å²) in [6.07, 6.45) is 0. The lowest BCUT2D eigenvalue weighted by Crippen LogP contribution is -2.46. The van der Waals surface area contributed by atoms with Crippen LogP contribution in [0.5, 0.6) is 0 Å². The van der Waals surface area contributed by atoms with Crippen molar-refractivity contribution in [2.45, 2.75) is 105 Å². The molecule has 0 amide bonds. The van der Waals surface area contributed by atoms with Gasteiger partial charge in [0.2, 0.25) is 0 Å². The zero-order chi connectivity index (χ0) is 19.6. The minimum atomic E-state index is -1.88. The zero-order valence-corrected chi connectivity index (χ0v) is 19.2. The van der Waals surface area contributed by atoms with Crippen LogP contribution in [0.2, 0.25) is 16.6 Å². The molecular weight excluding hydrogens is 308 g/mol. The average molecular weight is 349 g/mol. The largest absolute Gasteiger partial charge is 0.367 e. The topological polar surface area (TPSA) is 20.2 Å². The Hall–Kier alpha value is -0.703. The third kappa shape index (κ3) is 5.40. The Labute approximate surface area is 153 Å². The molecule has 0 saturated carbocycles. The first-order valence-corrected chi connectivity index (χ1v) is 11.5. The number of hydrogen-bond acceptors (Lipinski definition) is 1. The third-order valence-corrected chi connectivity index (χ3v) is 11.3. The molecule has 0 fully saturated rings. The molecule has 2 heteroatoms. The maximum absolute atomic E-state index is 11.3. The minimum Gasteiger partial charge on any atom is -0.367 e. The summed E-state index contributed by atoms with van der Waals surface area (Å²) in [5, 5.41) is 11.3. The highest BCUT2D eigenvalue weighted by Crippen LogP contribution is 2.41. The van der Waals surface area contributed by atoms with E-state index in [2.05, 4.69) is 85.6 Å². The van der Waals surface area contributed by atoms with E-state index in [0.29, 0.717) is 16.6 Å². The van der Waals surface area contributed by atoms with Gasteiger partial charge in [0.15, 0.2) is 5.60 Å². The molecule has 0 aliphatic carbocycles. The van der Waals surface area contributed by atoms with E-state index in [4.69, 9.17) is 0 Å². The Kier molecular flexibility index (Phi) is 7.45. The molecule has 0 bridgehead atoms. The van der Waals surface area contributed by atoms with E-state index < -0.39 is 19.1 Å². The number of aliphatic hydroxyl groups is 1. The van der Waals surface area contributed by atoms with Gasteiger partial charge in [0.25, 0.3) is 0 Å². The van der Waals surface area contributed by atoms with Crippen LogP contribution in [0.3, 0.4) is 0 Å². The van der Waals surface area contributed by atoms with Gasteiger partial charge in [0.05, 0.1) is 0 Å². The van der Waals surface area contributed by atoms with E-state index in [1.54, 1.807) is 0 Å². The summed E-state index contributed by atoms with van der Waals surface area (Å²) < 4.78 is 0. The summed E-state index contributed by atoms with van der Waals surface area (Å²) in [4.78, 5) is 0. The molecule has 1 N–H and O–H groups in total. The van der Waals surface area contributed by atoms with Crippen molar-refractivity contribution in [1.29, 1.82) is 0 Å². The molecular formula is C22H40OSi. The molecule has 1 nitrogen and oxygen atoms in total. The fraction of sp³-hybridized carbons (Fsp3) is 0.818. The van der Waals surface area contributed by atoms with Gasteiger partial charge in [-0.05, 0) is 37.4 Å². The van der Waals surface area contributed by atoms with Crippen molar-refractivity contribution < 1.29 is 5.11 Å². The molecule has 24 heavy (non-hydrogen) atoms. The highest BCUT2D eigenvalue weighted by Gasteiger charge is 2.43. The molecule has 0 aliphatic rings. The van der Waals surface area contributed by atoms with Gasteiger partial charge >= 0.3 is 0 Å². The lowest BCUT2D eigenvalue weighted by molar-refractivity contribution is 0.0487. The van der Waals surface area contributed by atoms with Gasteiger partial charge in [-0.1, -0.05) is 80.1 Å². The van der Waals surface area contributed by atoms with Crippen molar-refractivity contribution in [3.63, 3.8) is 0 Å². The van der Waals surface area contributed by atoms with Gasteiger partial charge in [0.1, 0.15) is 8.07 Å². The average Bonchev–Trinajstić information content (AvgIpc) is 2.33. The second-order valence-corrected chi connectivity index (χ2v) is 15.7. The highest BCUT2D eigenvalue weighted by atomic mass is 28.3. The smallest absolute Gasteiger partial charge is 0.191 e. The summed E-state index contributed by atoms with van der Waals surface area (Å²) in [6.45, 7) is 26.0. The Balaban J connectivity index is 6.35. The molecule has 0 aromatic carbocycles. The van der Waals surface area contributed by atoms with Gasteiger partial charge in [-0.15, -0.1) is 5.54 Å². The maximum atomic E-state index is 11.3. The summed E-state index contributed by atoms with van der Waals surface area (Å²) in [5.74, 6) is 9.61. The lowest BCUT2D eigenvalue weighted by Gasteiger charge is -2.39. The molecule has 138 valence electrons. The summed E-state index contributed by atoms with van der Waals surface area (Å²) in [7, 11) is -1.88. The van der Waals surface area contributed by atoms with E-state index in [9.17, 15) is 5.11 Å². The van der Waals surface area contributed by atoms with Crippen molar-refractivity contribution >= 4 is 8.07 Å². The maximum Gasteiger partial charge on any atom is 0.191 e. The standard InChI is InChI=1S/C22H40OSi/c1-17(2)24(18(3)4,19(5)6)16-15-22(23,21(10,11)12)14-13-20(7,8)9/h17-19,23H,1-12H3/t22-/m0/s1. The van der Waals surface area contributed by atoms with Crippen molar-refractivity contribution in [2.24, 2.45) is 10.8 Å². The quantitative estimate of drug-likeness (QED) is 0.487. The van der Waals surface area contributed by atoms with Crippen LogP contribution < -0.4 is 0 Å². The predicted octanol–water partition coefficient (Wildman–Crippen LogP) is 6.03. The number of hydrogen-bond donors (Lipinski definition) is 1. The molecule has 0 rings (SSSR count). The van der Waals surface area contributed by atoms with E-state index in [1.807, 2.05) is 20.8 Å². The van der Waals surface area contributed by atoms with Crippen molar-refractivity contribution in [1.82, 2.24) is 0 Å². The fourth-order valence-corrected chi connectivity index (χ4v) is 8.58. The number of rotatable bonds is 3. The van der Waals surface area contributed by atoms with Gasteiger partial charge in [-0.2, -0.15) is 0 Å². The second kappa shape index (κ2) is 7.68. The van der Waals surface area contributed by atoms with Gasteiger partial charge in [-0.25, -0.2) is 0 Å². The second-order valence-electron chi connectivity index (χ2n) is 10.1. The summed E-state index contributed by atoms with van der Waals surface area (Å²) in [5.41, 5.74) is 3.45. The van der Waals surface area contributed by atoms with E-state index in [1.165, 1.54) is 0 Å². The van der Waals surface area contributed by atoms with Crippen molar-refractivity contribution in [3.8, 4) is 23.3 Å². The Morgan fingerprint density at radius 2 is 1.04 bits per heavy atom. The molecule has 0 unspecified atom stereocenters. The van der Waals surface area contributed by atoms with Crippen LogP contribution in [0.15, 0.2) is 0 Å². The van der Waals surface area contributed by atoms with Crippen LogP contribution in [-0.2, 0) is 0 Å². The molecule has 0 spiro atoms. The Morgan fingerprint density at radius 1 is 0.667 bits per heavy atom. The lowest BCUT2D eigenvalue weighted by atomic mass is 9.77. The van der Waals surface area contributed by atoms with E-state index in [-0.39, 0.29) is 5.41 Å². The first-order valence-electron chi connectivity index (χ1n) is 9.30. The SMILES string of the molecule is CC(C)[Si](C#C[C@@](O)(C#CC(C)(C)C)C(C)(C)C)(C(C)C)C(C)C. The van der Waals surface area contributed by atoms with Crippen LogP contribution in [0.1, 0.15) is 83.1 Å².